The van der Waals surface area contributed by atoms with E-state index in [0.717, 1.165) is 31.7 Å². The summed E-state index contributed by atoms with van der Waals surface area (Å²) in [6, 6.07) is 9.62. The average Bonchev–Trinajstić information content (AvgIpc) is 2.39. The van der Waals surface area contributed by atoms with E-state index in [9.17, 15) is 4.79 Å². The maximum absolute atomic E-state index is 11.6. The molecule has 0 bridgehead atoms. The predicted molar refractivity (Wildman–Crippen MR) is 66.0 cm³/mol. The lowest BCUT2D eigenvalue weighted by molar-refractivity contribution is -0.123. The van der Waals surface area contributed by atoms with Crippen LogP contribution in [0.3, 0.4) is 0 Å². The van der Waals surface area contributed by atoms with E-state index < -0.39 is 0 Å². The van der Waals surface area contributed by atoms with Gasteiger partial charge in [-0.25, -0.2) is 0 Å². The van der Waals surface area contributed by atoms with Crippen LogP contribution in [-0.4, -0.2) is 31.6 Å². The number of nitrogens with one attached hydrogen (secondary N) is 2. The largest absolute Gasteiger partial charge is 0.484 e. The Morgan fingerprint density at radius 2 is 2.24 bits per heavy atom. The Morgan fingerprint density at radius 1 is 1.41 bits per heavy atom. The van der Waals surface area contributed by atoms with Crippen molar-refractivity contribution in [1.82, 2.24) is 10.6 Å². The summed E-state index contributed by atoms with van der Waals surface area (Å²) in [5, 5.41) is 6.22. The molecule has 0 aromatic heterocycles. The molecular formula is C13H18N2O2. The molecule has 2 N–H and O–H groups in total. The fraction of sp³-hybridized carbons (Fsp3) is 0.462. The van der Waals surface area contributed by atoms with Crippen LogP contribution < -0.4 is 15.4 Å². The normalized spacial score (nSPS) is 19.6. The highest BCUT2D eigenvalue weighted by Crippen LogP contribution is 2.08. The third kappa shape index (κ3) is 4.07. The summed E-state index contributed by atoms with van der Waals surface area (Å²) < 4.78 is 5.38. The number of hydrogen-bond donors (Lipinski definition) is 2. The number of ether oxygens (including phenoxy) is 1. The number of rotatable bonds is 4. The highest BCUT2D eigenvalue weighted by atomic mass is 16.5. The second-order valence-corrected chi connectivity index (χ2v) is 4.21. The minimum atomic E-state index is -0.0532. The molecule has 0 aliphatic carbocycles. The van der Waals surface area contributed by atoms with Crippen LogP contribution in [0.2, 0.25) is 0 Å². The third-order valence-corrected chi connectivity index (χ3v) is 2.78. The molecule has 1 unspecified atom stereocenters. The van der Waals surface area contributed by atoms with Crippen LogP contribution in [-0.2, 0) is 4.79 Å². The van der Waals surface area contributed by atoms with Gasteiger partial charge in [0.15, 0.2) is 6.61 Å². The number of para-hydroxylation sites is 1. The summed E-state index contributed by atoms with van der Waals surface area (Å²) in [6.07, 6.45) is 2.16. The van der Waals surface area contributed by atoms with Crippen LogP contribution in [0.15, 0.2) is 30.3 Å². The van der Waals surface area contributed by atoms with Gasteiger partial charge in [-0.3, -0.25) is 4.79 Å². The summed E-state index contributed by atoms with van der Waals surface area (Å²) in [4.78, 5) is 11.6. The van der Waals surface area contributed by atoms with Gasteiger partial charge in [0.2, 0.25) is 0 Å². The molecular weight excluding hydrogens is 216 g/mol. The third-order valence-electron chi connectivity index (χ3n) is 2.78. The van der Waals surface area contributed by atoms with Crippen molar-refractivity contribution in [3.05, 3.63) is 30.3 Å². The zero-order chi connectivity index (χ0) is 11.9. The first kappa shape index (κ1) is 11.9. The van der Waals surface area contributed by atoms with Gasteiger partial charge in [-0.2, -0.15) is 0 Å². The first-order valence-corrected chi connectivity index (χ1v) is 6.02. The molecule has 4 nitrogen and oxygen atoms in total. The van der Waals surface area contributed by atoms with Crippen LogP contribution in [0.1, 0.15) is 12.8 Å². The van der Waals surface area contributed by atoms with Crippen molar-refractivity contribution in [2.45, 2.75) is 18.9 Å². The van der Waals surface area contributed by atoms with Gasteiger partial charge in [0.25, 0.3) is 5.91 Å². The maximum Gasteiger partial charge on any atom is 0.258 e. The Morgan fingerprint density at radius 3 is 2.94 bits per heavy atom. The summed E-state index contributed by atoms with van der Waals surface area (Å²) in [7, 11) is 0. The summed E-state index contributed by atoms with van der Waals surface area (Å²) in [6.45, 7) is 1.99. The van der Waals surface area contributed by atoms with Gasteiger partial charge in [0.05, 0.1) is 0 Å². The van der Waals surface area contributed by atoms with Crippen LogP contribution in [0.5, 0.6) is 5.75 Å². The Kier molecular flexibility index (Phi) is 4.38. The quantitative estimate of drug-likeness (QED) is 0.815. The Balaban J connectivity index is 1.70. The molecule has 17 heavy (non-hydrogen) atoms. The molecule has 1 aromatic carbocycles. The molecule has 1 fully saturated rings. The molecule has 1 aromatic rings. The van der Waals surface area contributed by atoms with E-state index in [1.807, 2.05) is 30.3 Å². The molecule has 1 amide bonds. The molecule has 92 valence electrons. The fourth-order valence-electron chi connectivity index (χ4n) is 1.91. The van der Waals surface area contributed by atoms with E-state index in [1.54, 1.807) is 0 Å². The SMILES string of the molecule is O=C(COc1ccccc1)NC1CCCNC1. The molecule has 0 spiro atoms. The molecule has 4 heteroatoms. The van der Waals surface area contributed by atoms with E-state index in [0.29, 0.717) is 0 Å². The molecule has 1 aliphatic heterocycles. The van der Waals surface area contributed by atoms with Gasteiger partial charge in [-0.15, -0.1) is 0 Å². The van der Waals surface area contributed by atoms with Crippen molar-refractivity contribution in [1.29, 1.82) is 0 Å². The zero-order valence-electron chi connectivity index (χ0n) is 9.82. The van der Waals surface area contributed by atoms with Crippen LogP contribution in [0.4, 0.5) is 0 Å². The van der Waals surface area contributed by atoms with Crippen LogP contribution >= 0.6 is 0 Å². The highest BCUT2D eigenvalue weighted by Gasteiger charge is 2.15. The second kappa shape index (κ2) is 6.25. The van der Waals surface area contributed by atoms with Crippen molar-refractivity contribution in [3.8, 4) is 5.75 Å². The fourth-order valence-corrected chi connectivity index (χ4v) is 1.91. The second-order valence-electron chi connectivity index (χ2n) is 4.21. The maximum atomic E-state index is 11.6. The van der Waals surface area contributed by atoms with E-state index >= 15 is 0 Å². The number of carbonyl (C=O) groups is 1. The van der Waals surface area contributed by atoms with E-state index in [-0.39, 0.29) is 18.6 Å². The van der Waals surface area contributed by atoms with E-state index in [1.165, 1.54) is 0 Å². The smallest absolute Gasteiger partial charge is 0.258 e. The van der Waals surface area contributed by atoms with Gasteiger partial charge in [-0.05, 0) is 31.5 Å². The standard InChI is InChI=1S/C13H18N2O2/c16-13(15-11-5-4-8-14-9-11)10-17-12-6-2-1-3-7-12/h1-3,6-7,11,14H,4-5,8-10H2,(H,15,16). The van der Waals surface area contributed by atoms with Gasteiger partial charge >= 0.3 is 0 Å². The van der Waals surface area contributed by atoms with Crippen molar-refractivity contribution in [3.63, 3.8) is 0 Å². The molecule has 0 radical (unpaired) electrons. The Bertz CT molecular complexity index is 348. The molecule has 0 saturated carbocycles. The minimum absolute atomic E-state index is 0.0532. The van der Waals surface area contributed by atoms with Crippen molar-refractivity contribution in [2.24, 2.45) is 0 Å². The zero-order valence-corrected chi connectivity index (χ0v) is 9.82. The molecule has 1 saturated heterocycles. The van der Waals surface area contributed by atoms with Gasteiger partial charge in [0.1, 0.15) is 5.75 Å². The lowest BCUT2D eigenvalue weighted by Crippen LogP contribution is -2.46. The molecule has 1 aliphatic rings. The number of carbonyl (C=O) groups excluding carboxylic acids is 1. The lowest BCUT2D eigenvalue weighted by Gasteiger charge is -2.23. The predicted octanol–water partition coefficient (Wildman–Crippen LogP) is 0.934. The van der Waals surface area contributed by atoms with E-state index in [2.05, 4.69) is 10.6 Å². The van der Waals surface area contributed by atoms with Gasteiger partial charge in [0, 0.05) is 12.6 Å². The summed E-state index contributed by atoms with van der Waals surface area (Å²) in [5.74, 6) is 0.673. The Labute approximate surface area is 101 Å². The number of piperidine rings is 1. The van der Waals surface area contributed by atoms with Crippen LogP contribution in [0.25, 0.3) is 0 Å². The number of benzene rings is 1. The van der Waals surface area contributed by atoms with Crippen molar-refractivity contribution in [2.75, 3.05) is 19.7 Å². The van der Waals surface area contributed by atoms with Crippen molar-refractivity contribution >= 4 is 5.91 Å². The van der Waals surface area contributed by atoms with Gasteiger partial charge in [-0.1, -0.05) is 18.2 Å². The summed E-state index contributed by atoms with van der Waals surface area (Å²) >= 11 is 0. The number of amides is 1. The minimum Gasteiger partial charge on any atom is -0.484 e. The average molecular weight is 234 g/mol. The van der Waals surface area contributed by atoms with E-state index in [4.69, 9.17) is 4.74 Å². The highest BCUT2D eigenvalue weighted by molar-refractivity contribution is 5.77. The lowest BCUT2D eigenvalue weighted by atomic mass is 10.1. The first-order chi connectivity index (χ1) is 8.34. The molecule has 1 heterocycles. The topological polar surface area (TPSA) is 50.4 Å². The monoisotopic (exact) mass is 234 g/mol. The molecule has 1 atom stereocenters. The molecule has 2 rings (SSSR count). The van der Waals surface area contributed by atoms with Gasteiger partial charge < -0.3 is 15.4 Å². The number of hydrogen-bond acceptors (Lipinski definition) is 3. The van der Waals surface area contributed by atoms with Crippen molar-refractivity contribution < 1.29 is 9.53 Å². The summed E-state index contributed by atoms with van der Waals surface area (Å²) in [5.41, 5.74) is 0. The first-order valence-electron chi connectivity index (χ1n) is 6.02. The Hall–Kier alpha value is -1.55. The van der Waals surface area contributed by atoms with Crippen LogP contribution in [0, 0.1) is 0 Å².